The Morgan fingerprint density at radius 3 is 2.50 bits per heavy atom. The van der Waals surface area contributed by atoms with Gasteiger partial charge >= 0.3 is 0 Å². The fraction of sp³-hybridized carbons (Fsp3) is 0.333. The molecule has 0 aliphatic carbocycles. The lowest BCUT2D eigenvalue weighted by Gasteiger charge is -1.77. The molecule has 3 heteroatoms. The van der Waals surface area contributed by atoms with Crippen LogP contribution in [0.4, 0.5) is 0 Å². The lowest BCUT2D eigenvalue weighted by atomic mass is 10.0. The predicted molar refractivity (Wildman–Crippen MR) is 25.5 cm³/mol. The van der Waals surface area contributed by atoms with Crippen LogP contribution in [0, 0.1) is 4.91 Å². The second kappa shape index (κ2) is 2.63. The van der Waals surface area contributed by atoms with Crippen LogP contribution in [0.2, 0.25) is 6.32 Å². The van der Waals surface area contributed by atoms with E-state index >= 15 is 0 Å². The van der Waals surface area contributed by atoms with E-state index < -0.39 is 0 Å². The van der Waals surface area contributed by atoms with Crippen LogP contribution in [0.1, 0.15) is 0 Å². The second-order valence-electron chi connectivity index (χ2n) is 0.862. The quantitative estimate of drug-likeness (QED) is 0.358. The van der Waals surface area contributed by atoms with Crippen LogP contribution in [0.25, 0.3) is 0 Å². The molecule has 0 aliphatic heterocycles. The zero-order valence-electron chi connectivity index (χ0n) is 3.35. The Bertz CT molecular complexity index is 71.2. The van der Waals surface area contributed by atoms with Gasteiger partial charge in [0.2, 0.25) is 0 Å². The molecule has 0 rings (SSSR count). The molecular formula is C3H4BNO. The molecule has 0 bridgehead atoms. The molecule has 0 aliphatic rings. The first-order valence-electron chi connectivity index (χ1n) is 1.52. The van der Waals surface area contributed by atoms with Crippen molar-refractivity contribution in [3.8, 4) is 0 Å². The topological polar surface area (TPSA) is 29.4 Å². The Hall–Kier alpha value is -0.595. The molecule has 6 heavy (non-hydrogen) atoms. The van der Waals surface area contributed by atoms with E-state index in [4.69, 9.17) is 7.85 Å². The molecule has 0 aromatic rings. The summed E-state index contributed by atoms with van der Waals surface area (Å²) in [5.41, 5.74) is 0.190. The second-order valence-corrected chi connectivity index (χ2v) is 0.862. The van der Waals surface area contributed by atoms with Crippen molar-refractivity contribution >= 4 is 7.85 Å². The zero-order valence-corrected chi connectivity index (χ0v) is 3.35. The number of hydrogen-bond donors (Lipinski definition) is 0. The van der Waals surface area contributed by atoms with E-state index in [0.717, 1.165) is 0 Å². The van der Waals surface area contributed by atoms with Gasteiger partial charge < -0.3 is 0 Å². The van der Waals surface area contributed by atoms with Gasteiger partial charge in [0.15, 0.2) is 0 Å². The lowest BCUT2D eigenvalue weighted by molar-refractivity contribution is 1.30. The van der Waals surface area contributed by atoms with Crippen molar-refractivity contribution in [1.82, 2.24) is 0 Å². The van der Waals surface area contributed by atoms with Gasteiger partial charge in [-0.1, -0.05) is 6.58 Å². The molecule has 0 saturated carbocycles. The highest BCUT2D eigenvalue weighted by Gasteiger charge is 1.79. The van der Waals surface area contributed by atoms with Crippen LogP contribution in [0.5, 0.6) is 0 Å². The number of nitrogens with zero attached hydrogens (tertiary/aromatic N) is 1. The molecule has 0 atom stereocenters. The summed E-state index contributed by atoms with van der Waals surface area (Å²) in [5.74, 6) is 0. The van der Waals surface area contributed by atoms with E-state index in [2.05, 4.69) is 11.8 Å². The highest BCUT2D eigenvalue weighted by molar-refractivity contribution is 6.10. The van der Waals surface area contributed by atoms with Gasteiger partial charge in [0.05, 0.1) is 13.5 Å². The van der Waals surface area contributed by atoms with Gasteiger partial charge in [-0.05, 0) is 11.5 Å². The molecule has 30 valence electrons. The SMILES string of the molecule is [B]CC(=C)N=O. The Labute approximate surface area is 37.6 Å². The molecule has 0 saturated heterocycles. The number of rotatable bonds is 2. The van der Waals surface area contributed by atoms with Crippen LogP contribution < -0.4 is 0 Å². The summed E-state index contributed by atoms with van der Waals surface area (Å²) in [7, 11) is 4.89. The first kappa shape index (κ1) is 5.40. The highest BCUT2D eigenvalue weighted by Crippen LogP contribution is 1.92. The summed E-state index contributed by atoms with van der Waals surface area (Å²) in [6.45, 7) is 3.19. The van der Waals surface area contributed by atoms with E-state index in [9.17, 15) is 4.91 Å². The van der Waals surface area contributed by atoms with Crippen molar-refractivity contribution in [3.63, 3.8) is 0 Å². The van der Waals surface area contributed by atoms with E-state index in [1.165, 1.54) is 0 Å². The van der Waals surface area contributed by atoms with Crippen LogP contribution >= 0.6 is 0 Å². The van der Waals surface area contributed by atoms with Crippen LogP contribution in [0.3, 0.4) is 0 Å². The fourth-order valence-corrected chi connectivity index (χ4v) is 0.0373. The standard InChI is InChI=1S/C3H4BNO/c1-3(2-4)5-6/h1-2H2. The molecule has 0 unspecified atom stereocenters. The summed E-state index contributed by atoms with van der Waals surface area (Å²) in [6.07, 6.45) is 0.156. The molecule has 0 aromatic carbocycles. The van der Waals surface area contributed by atoms with Crippen molar-refractivity contribution in [3.05, 3.63) is 17.2 Å². The van der Waals surface area contributed by atoms with Crippen molar-refractivity contribution in [2.75, 3.05) is 0 Å². The Morgan fingerprint density at radius 1 is 2.00 bits per heavy atom. The normalized spacial score (nSPS) is 7.33. The van der Waals surface area contributed by atoms with Gasteiger partial charge in [-0.2, -0.15) is 0 Å². The molecule has 0 heterocycles. The first-order chi connectivity index (χ1) is 2.81. The molecule has 2 nitrogen and oxygen atoms in total. The first-order valence-corrected chi connectivity index (χ1v) is 1.52. The van der Waals surface area contributed by atoms with E-state index in [-0.39, 0.29) is 12.0 Å². The molecule has 0 aromatic heterocycles. The summed E-state index contributed by atoms with van der Waals surface area (Å²) in [5, 5.41) is 2.44. The highest BCUT2D eigenvalue weighted by atomic mass is 16.3. The van der Waals surface area contributed by atoms with Crippen molar-refractivity contribution in [1.29, 1.82) is 0 Å². The van der Waals surface area contributed by atoms with Crippen molar-refractivity contribution in [2.24, 2.45) is 5.18 Å². The van der Waals surface area contributed by atoms with Crippen molar-refractivity contribution in [2.45, 2.75) is 6.32 Å². The number of nitroso groups, excluding NO2 is 1. The average Bonchev–Trinajstić information content (AvgIpc) is 1.65. The third kappa shape index (κ3) is 1.70. The summed E-state index contributed by atoms with van der Waals surface area (Å²) in [4.78, 5) is 9.31. The molecule has 2 radical (unpaired) electrons. The number of hydrogen-bond acceptors (Lipinski definition) is 2. The third-order valence-corrected chi connectivity index (χ3v) is 0.365. The maximum Gasteiger partial charge on any atom is 0.0739 e. The van der Waals surface area contributed by atoms with E-state index in [1.54, 1.807) is 0 Å². The predicted octanol–water partition coefficient (Wildman–Crippen LogP) is 0.853. The minimum atomic E-state index is 0.156. The van der Waals surface area contributed by atoms with Gasteiger partial charge in [0.25, 0.3) is 0 Å². The van der Waals surface area contributed by atoms with E-state index in [0.29, 0.717) is 0 Å². The summed E-state index contributed by atoms with van der Waals surface area (Å²) >= 11 is 0. The monoisotopic (exact) mass is 81.0 g/mol. The average molecular weight is 80.9 g/mol. The van der Waals surface area contributed by atoms with Gasteiger partial charge in [0, 0.05) is 0 Å². The minimum absolute atomic E-state index is 0.156. The molecule has 0 spiro atoms. The van der Waals surface area contributed by atoms with Gasteiger partial charge in [-0.3, -0.25) is 0 Å². The Morgan fingerprint density at radius 2 is 2.50 bits per heavy atom. The Kier molecular flexibility index (Phi) is 2.37. The Balaban J connectivity index is 3.23. The van der Waals surface area contributed by atoms with Crippen molar-refractivity contribution < 1.29 is 0 Å². The maximum atomic E-state index is 9.31. The van der Waals surface area contributed by atoms with Gasteiger partial charge in [-0.15, -0.1) is 4.91 Å². The largest absolute Gasteiger partial charge is 0.145 e. The van der Waals surface area contributed by atoms with Gasteiger partial charge in [-0.25, -0.2) is 0 Å². The van der Waals surface area contributed by atoms with Crippen LogP contribution in [0.15, 0.2) is 17.5 Å². The van der Waals surface area contributed by atoms with Crippen LogP contribution in [-0.2, 0) is 0 Å². The van der Waals surface area contributed by atoms with Crippen LogP contribution in [-0.4, -0.2) is 7.85 Å². The number of allylic oxidation sites excluding steroid dienone is 1. The summed E-state index contributed by atoms with van der Waals surface area (Å²) in [6, 6.07) is 0. The minimum Gasteiger partial charge on any atom is -0.145 e. The smallest absolute Gasteiger partial charge is 0.0739 e. The maximum absolute atomic E-state index is 9.31. The van der Waals surface area contributed by atoms with Gasteiger partial charge in [0.1, 0.15) is 0 Å². The molecule has 0 amide bonds. The lowest BCUT2D eigenvalue weighted by Crippen LogP contribution is -1.67. The zero-order chi connectivity index (χ0) is 4.99. The fourth-order valence-electron chi connectivity index (χ4n) is 0.0373. The molecular weight excluding hydrogens is 76.9 g/mol. The summed E-state index contributed by atoms with van der Waals surface area (Å²) < 4.78 is 0. The molecule has 0 N–H and O–H groups in total. The third-order valence-electron chi connectivity index (χ3n) is 0.365. The molecule has 0 fully saturated rings. The van der Waals surface area contributed by atoms with E-state index in [1.807, 2.05) is 0 Å².